The predicted octanol–water partition coefficient (Wildman–Crippen LogP) is 6.40. The third-order valence-corrected chi connectivity index (χ3v) is 5.62. The standard InChI is InChI=1S/C28H24N4O3/c33-27(29-23-15-6-2-7-16-23)31-20-22-14-10-11-19-25(22)32(28(34)30-24-17-8-3-9-18-24)35-26(31)21-12-4-1-5-13-21/h1-19,26H,20H2,(H,29,33)(H,30,34). The van der Waals surface area contributed by atoms with Gasteiger partial charge in [-0.15, -0.1) is 0 Å². The summed E-state index contributed by atoms with van der Waals surface area (Å²) in [5.41, 5.74) is 3.38. The van der Waals surface area contributed by atoms with Gasteiger partial charge in [-0.25, -0.2) is 14.4 Å². The minimum Gasteiger partial charge on any atom is -0.308 e. The lowest BCUT2D eigenvalue weighted by Crippen LogP contribution is -2.42. The molecule has 0 aliphatic carbocycles. The summed E-state index contributed by atoms with van der Waals surface area (Å²) in [6.45, 7) is 0.240. The first-order valence-corrected chi connectivity index (χ1v) is 11.3. The number of fused-ring (bicyclic) bond motifs is 1. The molecule has 35 heavy (non-hydrogen) atoms. The van der Waals surface area contributed by atoms with Crippen LogP contribution in [0.2, 0.25) is 0 Å². The second-order valence-corrected chi connectivity index (χ2v) is 8.01. The Morgan fingerprint density at radius 3 is 1.80 bits per heavy atom. The molecule has 1 unspecified atom stereocenters. The number of rotatable bonds is 3. The third-order valence-electron chi connectivity index (χ3n) is 5.62. The second kappa shape index (κ2) is 10.1. The zero-order valence-corrected chi connectivity index (χ0v) is 18.9. The van der Waals surface area contributed by atoms with Crippen molar-refractivity contribution in [3.05, 3.63) is 126 Å². The van der Waals surface area contributed by atoms with Crippen molar-refractivity contribution in [2.75, 3.05) is 15.7 Å². The second-order valence-electron chi connectivity index (χ2n) is 8.01. The van der Waals surface area contributed by atoms with E-state index in [1.54, 1.807) is 23.1 Å². The highest BCUT2D eigenvalue weighted by molar-refractivity contribution is 6.01. The molecule has 0 saturated heterocycles. The Labute approximate surface area is 203 Å². The summed E-state index contributed by atoms with van der Waals surface area (Å²) < 4.78 is 0. The van der Waals surface area contributed by atoms with Crippen LogP contribution in [0.15, 0.2) is 115 Å². The van der Waals surface area contributed by atoms with Crippen LogP contribution in [-0.2, 0) is 11.4 Å². The van der Waals surface area contributed by atoms with Gasteiger partial charge in [0.25, 0.3) is 0 Å². The average Bonchev–Trinajstić information content (AvgIpc) is 3.08. The monoisotopic (exact) mass is 464 g/mol. The van der Waals surface area contributed by atoms with E-state index in [1.165, 1.54) is 5.06 Å². The minimum atomic E-state index is -0.853. The fourth-order valence-corrected chi connectivity index (χ4v) is 3.93. The van der Waals surface area contributed by atoms with E-state index >= 15 is 0 Å². The summed E-state index contributed by atoms with van der Waals surface area (Å²) in [6.07, 6.45) is -0.853. The lowest BCUT2D eigenvalue weighted by atomic mass is 10.1. The summed E-state index contributed by atoms with van der Waals surface area (Å²) >= 11 is 0. The molecule has 4 aromatic carbocycles. The Balaban J connectivity index is 1.52. The van der Waals surface area contributed by atoms with Gasteiger partial charge < -0.3 is 10.6 Å². The summed E-state index contributed by atoms with van der Waals surface area (Å²) in [7, 11) is 0. The molecule has 2 N–H and O–H groups in total. The van der Waals surface area contributed by atoms with Crippen LogP contribution >= 0.6 is 0 Å². The summed E-state index contributed by atoms with van der Waals surface area (Å²) in [4.78, 5) is 34.8. The van der Waals surface area contributed by atoms with Crippen LogP contribution in [0.4, 0.5) is 26.7 Å². The van der Waals surface area contributed by atoms with Gasteiger partial charge in [-0.05, 0) is 35.9 Å². The third kappa shape index (κ3) is 5.00. The number of urea groups is 2. The van der Waals surface area contributed by atoms with Gasteiger partial charge >= 0.3 is 12.1 Å². The average molecular weight is 465 g/mol. The Morgan fingerprint density at radius 2 is 1.17 bits per heavy atom. The number of para-hydroxylation sites is 3. The highest BCUT2D eigenvalue weighted by atomic mass is 16.7. The maximum absolute atomic E-state index is 13.5. The largest absolute Gasteiger partial charge is 0.350 e. The summed E-state index contributed by atoms with van der Waals surface area (Å²) in [5, 5.41) is 7.05. The Bertz CT molecular complexity index is 1300. The molecule has 1 aliphatic rings. The first-order chi connectivity index (χ1) is 17.2. The number of nitrogens with zero attached hydrogens (tertiary/aromatic N) is 2. The van der Waals surface area contributed by atoms with Gasteiger partial charge in [0.1, 0.15) is 0 Å². The van der Waals surface area contributed by atoms with Crippen LogP contribution in [0, 0.1) is 0 Å². The maximum atomic E-state index is 13.5. The molecule has 174 valence electrons. The zero-order valence-electron chi connectivity index (χ0n) is 18.9. The van der Waals surface area contributed by atoms with Crippen molar-refractivity contribution < 1.29 is 14.4 Å². The topological polar surface area (TPSA) is 73.9 Å². The molecule has 0 bridgehead atoms. The number of benzene rings is 4. The smallest absolute Gasteiger partial charge is 0.308 e. The van der Waals surface area contributed by atoms with Crippen molar-refractivity contribution in [3.8, 4) is 0 Å². The molecular weight excluding hydrogens is 440 g/mol. The van der Waals surface area contributed by atoms with Gasteiger partial charge in [0.15, 0.2) is 6.23 Å². The normalized spacial score (nSPS) is 15.0. The van der Waals surface area contributed by atoms with Gasteiger partial charge in [0.05, 0.1) is 12.2 Å². The van der Waals surface area contributed by atoms with Gasteiger partial charge in [0.2, 0.25) is 0 Å². The molecule has 1 atom stereocenters. The predicted molar refractivity (Wildman–Crippen MR) is 136 cm³/mol. The maximum Gasteiger partial charge on any atom is 0.350 e. The fourth-order valence-electron chi connectivity index (χ4n) is 3.93. The van der Waals surface area contributed by atoms with E-state index in [-0.39, 0.29) is 12.6 Å². The Morgan fingerprint density at radius 1 is 0.657 bits per heavy atom. The summed E-state index contributed by atoms with van der Waals surface area (Å²) in [6, 6.07) is 34.4. The number of nitrogens with one attached hydrogen (secondary N) is 2. The van der Waals surface area contributed by atoms with Crippen LogP contribution in [0.3, 0.4) is 0 Å². The molecule has 1 heterocycles. The number of anilines is 3. The molecule has 4 amide bonds. The number of hydrogen-bond acceptors (Lipinski definition) is 3. The molecule has 0 aromatic heterocycles. The number of hydroxylamine groups is 1. The van der Waals surface area contributed by atoms with Gasteiger partial charge in [-0.2, -0.15) is 5.06 Å². The number of carbonyl (C=O) groups is 2. The van der Waals surface area contributed by atoms with Crippen LogP contribution in [-0.4, -0.2) is 17.0 Å². The lowest BCUT2D eigenvalue weighted by Gasteiger charge is -2.31. The first kappa shape index (κ1) is 22.2. The number of hydrogen-bond donors (Lipinski definition) is 2. The van der Waals surface area contributed by atoms with Crippen molar-refractivity contribution in [3.63, 3.8) is 0 Å². The van der Waals surface area contributed by atoms with Gasteiger partial charge in [0, 0.05) is 16.9 Å². The van der Waals surface area contributed by atoms with E-state index in [9.17, 15) is 9.59 Å². The van der Waals surface area contributed by atoms with Crippen molar-refractivity contribution >= 4 is 29.1 Å². The highest BCUT2D eigenvalue weighted by Gasteiger charge is 2.36. The lowest BCUT2D eigenvalue weighted by molar-refractivity contribution is -0.0366. The molecule has 0 spiro atoms. The highest BCUT2D eigenvalue weighted by Crippen LogP contribution is 2.35. The molecular formula is C28H24N4O3. The van der Waals surface area contributed by atoms with E-state index in [0.717, 1.165) is 11.1 Å². The molecule has 0 radical (unpaired) electrons. The molecule has 4 aromatic rings. The Hall–Kier alpha value is -4.62. The van der Waals surface area contributed by atoms with E-state index < -0.39 is 12.3 Å². The SMILES string of the molecule is O=C(Nc1ccccc1)N1OC(c2ccccc2)N(C(=O)Nc2ccccc2)Cc2ccccc21. The van der Waals surface area contributed by atoms with E-state index in [2.05, 4.69) is 10.6 Å². The molecule has 0 saturated carbocycles. The van der Waals surface area contributed by atoms with Crippen LogP contribution in [0.5, 0.6) is 0 Å². The van der Waals surface area contributed by atoms with Crippen molar-refractivity contribution in [1.29, 1.82) is 0 Å². The van der Waals surface area contributed by atoms with Crippen molar-refractivity contribution in [2.24, 2.45) is 0 Å². The Kier molecular flexibility index (Phi) is 6.41. The molecule has 7 heteroatoms. The molecule has 5 rings (SSSR count). The van der Waals surface area contributed by atoms with Gasteiger partial charge in [-0.1, -0.05) is 84.9 Å². The summed E-state index contributed by atoms with van der Waals surface area (Å²) in [5.74, 6) is 0. The van der Waals surface area contributed by atoms with Crippen LogP contribution < -0.4 is 15.7 Å². The van der Waals surface area contributed by atoms with Gasteiger partial charge in [-0.3, -0.25) is 4.90 Å². The minimum absolute atomic E-state index is 0.240. The van der Waals surface area contributed by atoms with E-state index in [1.807, 2.05) is 97.1 Å². The molecule has 1 aliphatic heterocycles. The number of amides is 4. The molecule has 0 fully saturated rings. The number of carbonyl (C=O) groups excluding carboxylic acids is 2. The quantitative estimate of drug-likeness (QED) is 0.368. The van der Waals surface area contributed by atoms with Crippen molar-refractivity contribution in [2.45, 2.75) is 12.8 Å². The zero-order chi connectivity index (χ0) is 24.0. The van der Waals surface area contributed by atoms with Crippen LogP contribution in [0.1, 0.15) is 17.4 Å². The first-order valence-electron chi connectivity index (χ1n) is 11.3. The van der Waals surface area contributed by atoms with E-state index in [0.29, 0.717) is 17.1 Å². The van der Waals surface area contributed by atoms with Crippen molar-refractivity contribution in [1.82, 2.24) is 4.90 Å². The van der Waals surface area contributed by atoms with E-state index in [4.69, 9.17) is 4.84 Å². The molecule has 7 nitrogen and oxygen atoms in total. The fraction of sp³-hybridized carbons (Fsp3) is 0.0714. The van der Waals surface area contributed by atoms with Crippen LogP contribution in [0.25, 0.3) is 0 Å².